The average Bonchev–Trinajstić information content (AvgIpc) is 3.43. The molecule has 2 aliphatic rings. The number of benzene rings is 2. The topological polar surface area (TPSA) is 69.5 Å². The second-order valence-electron chi connectivity index (χ2n) is 9.13. The Hall–Kier alpha value is -3.06. The maximum Gasteiger partial charge on any atom is 0.415 e. The number of rotatable bonds is 7. The van der Waals surface area contributed by atoms with E-state index in [0.717, 1.165) is 29.1 Å². The number of carbonyl (C=O) groups excluding carboxylic acids is 1. The van der Waals surface area contributed by atoms with E-state index in [2.05, 4.69) is 10.3 Å². The molecule has 1 saturated heterocycles. The molecule has 1 aliphatic heterocycles. The van der Waals surface area contributed by atoms with E-state index in [1.165, 1.54) is 32.1 Å². The summed E-state index contributed by atoms with van der Waals surface area (Å²) in [6.45, 7) is 0.412. The molecule has 0 bridgehead atoms. The molecule has 3 aromatic rings. The average molecular weight is 481 g/mol. The predicted molar refractivity (Wildman–Crippen MR) is 130 cm³/mol. The molecule has 2 heterocycles. The summed E-state index contributed by atoms with van der Waals surface area (Å²) in [6.07, 6.45) is 8.59. The minimum absolute atomic E-state index is 0.352. The Morgan fingerprint density at radius 3 is 2.68 bits per heavy atom. The van der Waals surface area contributed by atoms with E-state index in [1.807, 2.05) is 42.6 Å². The molecule has 8 heteroatoms. The highest BCUT2D eigenvalue weighted by molar-refractivity contribution is 6.30. The molecular formula is C26H29ClN4O3. The van der Waals surface area contributed by atoms with Crippen molar-refractivity contribution in [2.45, 2.75) is 57.2 Å². The number of nitrogens with zero attached hydrogens (tertiary/aromatic N) is 4. The Morgan fingerprint density at radius 1 is 1.12 bits per heavy atom. The number of aromatic nitrogens is 3. The lowest BCUT2D eigenvalue weighted by atomic mass is 9.86. The van der Waals surface area contributed by atoms with Crippen molar-refractivity contribution in [1.29, 1.82) is 0 Å². The number of amides is 1. The number of cyclic esters (lactones) is 1. The number of hydrogen-bond acceptors (Lipinski definition) is 5. The summed E-state index contributed by atoms with van der Waals surface area (Å²) in [5.41, 5.74) is 2.65. The van der Waals surface area contributed by atoms with E-state index in [-0.39, 0.29) is 6.04 Å². The van der Waals surface area contributed by atoms with Crippen LogP contribution in [0.2, 0.25) is 5.02 Å². The highest BCUT2D eigenvalue weighted by Gasteiger charge is 2.44. The Labute approximate surface area is 204 Å². The first kappa shape index (κ1) is 22.7. The molecule has 1 saturated carbocycles. The van der Waals surface area contributed by atoms with Gasteiger partial charge >= 0.3 is 6.09 Å². The summed E-state index contributed by atoms with van der Waals surface area (Å²) >= 11 is 6.09. The van der Waals surface area contributed by atoms with Gasteiger partial charge in [-0.05, 0) is 54.3 Å². The zero-order chi connectivity index (χ0) is 23.5. The summed E-state index contributed by atoms with van der Waals surface area (Å²) < 4.78 is 13.1. The van der Waals surface area contributed by atoms with Crippen LogP contribution < -0.4 is 9.64 Å². The van der Waals surface area contributed by atoms with Crippen molar-refractivity contribution < 1.29 is 14.3 Å². The third-order valence-corrected chi connectivity index (χ3v) is 7.05. The number of anilines is 1. The van der Waals surface area contributed by atoms with Crippen LogP contribution in [0.5, 0.6) is 5.75 Å². The Morgan fingerprint density at radius 2 is 1.91 bits per heavy atom. The van der Waals surface area contributed by atoms with Crippen LogP contribution in [0.3, 0.4) is 0 Å². The maximum absolute atomic E-state index is 13.1. The van der Waals surface area contributed by atoms with Crippen LogP contribution in [0, 0.1) is 5.92 Å². The van der Waals surface area contributed by atoms with Crippen LogP contribution in [0.25, 0.3) is 0 Å². The lowest BCUT2D eigenvalue weighted by Crippen LogP contribution is -2.31. The van der Waals surface area contributed by atoms with Gasteiger partial charge in [0.05, 0.1) is 19.3 Å². The van der Waals surface area contributed by atoms with Crippen molar-refractivity contribution in [2.75, 3.05) is 12.0 Å². The number of hydrogen-bond donors (Lipinski definition) is 0. The molecule has 0 radical (unpaired) electrons. The van der Waals surface area contributed by atoms with Crippen molar-refractivity contribution in [1.82, 2.24) is 15.0 Å². The molecule has 34 heavy (non-hydrogen) atoms. The largest absolute Gasteiger partial charge is 0.497 e. The highest BCUT2D eigenvalue weighted by atomic mass is 35.5. The first-order valence-electron chi connectivity index (χ1n) is 11.9. The van der Waals surface area contributed by atoms with Gasteiger partial charge in [-0.25, -0.2) is 9.48 Å². The molecule has 1 amide bonds. The number of methoxy groups -OCH3 is 1. The maximum atomic E-state index is 13.1. The van der Waals surface area contributed by atoms with Crippen LogP contribution >= 0.6 is 11.6 Å². The minimum Gasteiger partial charge on any atom is -0.497 e. The van der Waals surface area contributed by atoms with E-state index >= 15 is 0 Å². The molecular weight excluding hydrogens is 452 g/mol. The summed E-state index contributed by atoms with van der Waals surface area (Å²) in [5.74, 6) is 1.41. The van der Waals surface area contributed by atoms with Crippen molar-refractivity contribution in [3.8, 4) is 5.75 Å². The van der Waals surface area contributed by atoms with Gasteiger partial charge in [0.15, 0.2) is 0 Å². The van der Waals surface area contributed by atoms with Crippen molar-refractivity contribution >= 4 is 23.4 Å². The lowest BCUT2D eigenvalue weighted by molar-refractivity contribution is 0.117. The minimum atomic E-state index is -0.445. The van der Waals surface area contributed by atoms with Gasteiger partial charge < -0.3 is 9.47 Å². The molecule has 0 spiro atoms. The van der Waals surface area contributed by atoms with Gasteiger partial charge in [0.25, 0.3) is 0 Å². The van der Waals surface area contributed by atoms with Gasteiger partial charge in [-0.2, -0.15) is 0 Å². The lowest BCUT2D eigenvalue weighted by Gasteiger charge is -2.25. The van der Waals surface area contributed by atoms with Crippen LogP contribution in [-0.4, -0.2) is 34.3 Å². The molecule has 7 nitrogen and oxygen atoms in total. The van der Waals surface area contributed by atoms with Crippen LogP contribution in [0.4, 0.5) is 10.5 Å². The van der Waals surface area contributed by atoms with Crippen LogP contribution in [0.15, 0.2) is 54.7 Å². The van der Waals surface area contributed by atoms with Crippen LogP contribution in [-0.2, 0) is 17.7 Å². The fraction of sp³-hybridized carbons (Fsp3) is 0.423. The normalized spacial score (nSPS) is 21.0. The van der Waals surface area contributed by atoms with Gasteiger partial charge in [0.2, 0.25) is 0 Å². The SMILES string of the molecule is COc1cccc([C@H]2[C@H](Cn3cc(CC4CCCCC4)nn3)OC(=O)N2c2ccc(Cl)cc2)c1. The molecule has 2 aromatic carbocycles. The summed E-state index contributed by atoms with van der Waals surface area (Å²) in [5, 5.41) is 9.37. The van der Waals surface area contributed by atoms with Crippen molar-refractivity contribution in [3.05, 3.63) is 71.0 Å². The third-order valence-electron chi connectivity index (χ3n) is 6.79. The highest BCUT2D eigenvalue weighted by Crippen LogP contribution is 2.39. The molecule has 0 unspecified atom stereocenters. The second-order valence-corrected chi connectivity index (χ2v) is 9.57. The summed E-state index contributed by atoms with van der Waals surface area (Å²) in [6, 6.07) is 14.6. The third kappa shape index (κ3) is 4.89. The fourth-order valence-electron chi connectivity index (χ4n) is 5.12. The monoisotopic (exact) mass is 480 g/mol. The van der Waals surface area contributed by atoms with E-state index in [1.54, 1.807) is 28.8 Å². The standard InChI is InChI=1S/C26H29ClN4O3/c1-33-23-9-5-8-19(15-23)25-24(34-26(32)31(25)22-12-10-20(27)11-13-22)17-30-16-21(28-29-30)14-18-6-3-2-4-7-18/h5,8-13,15-16,18,24-25H,2-4,6-7,14,17H2,1H3/t24-,25-/m0/s1. The van der Waals surface area contributed by atoms with Gasteiger partial charge in [-0.15, -0.1) is 5.10 Å². The molecule has 2 fully saturated rings. The van der Waals surface area contributed by atoms with Crippen molar-refractivity contribution in [3.63, 3.8) is 0 Å². The molecule has 178 valence electrons. The van der Waals surface area contributed by atoms with E-state index in [4.69, 9.17) is 21.1 Å². The van der Waals surface area contributed by atoms with Gasteiger partial charge in [0, 0.05) is 16.9 Å². The molecule has 1 aromatic heterocycles. The Balaban J connectivity index is 1.41. The first-order chi connectivity index (χ1) is 16.6. The molecule has 1 aliphatic carbocycles. The molecule has 5 rings (SSSR count). The first-order valence-corrected chi connectivity index (χ1v) is 12.3. The summed E-state index contributed by atoms with van der Waals surface area (Å²) in [7, 11) is 1.63. The fourth-order valence-corrected chi connectivity index (χ4v) is 5.24. The zero-order valence-corrected chi connectivity index (χ0v) is 20.0. The molecule has 0 N–H and O–H groups in total. The van der Waals surface area contributed by atoms with Crippen molar-refractivity contribution in [2.24, 2.45) is 5.92 Å². The van der Waals surface area contributed by atoms with Gasteiger partial charge in [-0.1, -0.05) is 61.1 Å². The second kappa shape index (κ2) is 10.1. The van der Waals surface area contributed by atoms with Gasteiger partial charge in [0.1, 0.15) is 17.9 Å². The number of halogens is 1. The van der Waals surface area contributed by atoms with Gasteiger partial charge in [-0.3, -0.25) is 4.90 Å². The van der Waals surface area contributed by atoms with E-state index in [9.17, 15) is 4.79 Å². The van der Waals surface area contributed by atoms with E-state index < -0.39 is 12.2 Å². The predicted octanol–water partition coefficient (Wildman–Crippen LogP) is 5.83. The number of ether oxygens (including phenoxy) is 2. The summed E-state index contributed by atoms with van der Waals surface area (Å²) in [4.78, 5) is 14.7. The molecule has 2 atom stereocenters. The Kier molecular flexibility index (Phi) is 6.72. The van der Waals surface area contributed by atoms with E-state index in [0.29, 0.717) is 17.5 Å². The smallest absolute Gasteiger partial charge is 0.415 e. The number of carbonyl (C=O) groups is 1. The zero-order valence-electron chi connectivity index (χ0n) is 19.3. The van der Waals surface area contributed by atoms with Crippen LogP contribution in [0.1, 0.15) is 49.4 Å². The Bertz CT molecular complexity index is 1130. The quantitative estimate of drug-likeness (QED) is 0.425.